The maximum atomic E-state index is 6.18. The molecule has 8 nitrogen and oxygen atoms in total. The van der Waals surface area contributed by atoms with E-state index < -0.39 is 0 Å². The monoisotopic (exact) mass is 548 g/mol. The van der Waals surface area contributed by atoms with E-state index in [0.717, 1.165) is 42.7 Å². The number of aromatic nitrogens is 2. The Bertz CT molecular complexity index is 844. The van der Waals surface area contributed by atoms with Crippen LogP contribution in [0.1, 0.15) is 37.9 Å². The van der Waals surface area contributed by atoms with Crippen molar-refractivity contribution in [1.82, 2.24) is 20.8 Å². The van der Waals surface area contributed by atoms with Crippen LogP contribution in [0.25, 0.3) is 0 Å². The molecule has 1 aliphatic rings. The molecule has 0 saturated carbocycles. The van der Waals surface area contributed by atoms with E-state index in [0.29, 0.717) is 23.9 Å². The summed E-state index contributed by atoms with van der Waals surface area (Å²) in [6, 6.07) is 5.97. The zero-order valence-electron chi connectivity index (χ0n) is 17.8. The second kappa shape index (κ2) is 11.6. The van der Waals surface area contributed by atoms with E-state index in [2.05, 4.69) is 30.7 Å². The smallest absolute Gasteiger partial charge is 0.228 e. The summed E-state index contributed by atoms with van der Waals surface area (Å²) in [6.45, 7) is 6.52. The molecule has 0 radical (unpaired) electrons. The van der Waals surface area contributed by atoms with Crippen molar-refractivity contribution in [2.45, 2.75) is 38.6 Å². The summed E-state index contributed by atoms with van der Waals surface area (Å²) in [5.41, 5.74) is 1.02. The van der Waals surface area contributed by atoms with E-state index in [1.54, 1.807) is 14.2 Å². The normalized spacial score (nSPS) is 16.5. The molecule has 1 aliphatic heterocycles. The Kier molecular flexibility index (Phi) is 9.47. The molecule has 1 fully saturated rings. The maximum Gasteiger partial charge on any atom is 0.228 e. The van der Waals surface area contributed by atoms with Crippen LogP contribution in [0.15, 0.2) is 27.7 Å². The van der Waals surface area contributed by atoms with Gasteiger partial charge in [-0.3, -0.25) is 4.99 Å². The number of hydrogen-bond donors (Lipinski definition) is 2. The molecule has 1 aromatic heterocycles. The summed E-state index contributed by atoms with van der Waals surface area (Å²) in [6.07, 6.45) is 1.65. The first kappa shape index (κ1) is 24.5. The lowest BCUT2D eigenvalue weighted by molar-refractivity contribution is 0.371. The van der Waals surface area contributed by atoms with Crippen LogP contribution < -0.4 is 20.3 Å². The Balaban J connectivity index is 0.00000320. The van der Waals surface area contributed by atoms with Crippen LogP contribution in [0, 0.1) is 0 Å². The van der Waals surface area contributed by atoms with Crippen LogP contribution >= 0.6 is 35.6 Å². The molecule has 3 rings (SSSR count). The number of halogens is 2. The third kappa shape index (κ3) is 6.37. The highest BCUT2D eigenvalue weighted by molar-refractivity contribution is 14.0. The van der Waals surface area contributed by atoms with Gasteiger partial charge in [-0.1, -0.05) is 30.6 Å². The molecule has 2 N–H and O–H groups in total. The third-order valence-electron chi connectivity index (χ3n) is 4.87. The van der Waals surface area contributed by atoms with Crippen LogP contribution in [-0.4, -0.2) is 55.9 Å². The molecule has 0 spiro atoms. The summed E-state index contributed by atoms with van der Waals surface area (Å²) in [5, 5.41) is 11.5. The Morgan fingerprint density at radius 2 is 2.23 bits per heavy atom. The fourth-order valence-corrected chi connectivity index (χ4v) is 3.45. The molecule has 0 bridgehead atoms. The van der Waals surface area contributed by atoms with Crippen LogP contribution in [-0.2, 0) is 6.42 Å². The van der Waals surface area contributed by atoms with Crippen molar-refractivity contribution in [3.05, 3.63) is 34.9 Å². The number of nitrogens with one attached hydrogen (secondary N) is 2. The first-order valence-electron chi connectivity index (χ1n) is 9.88. The average molecular weight is 549 g/mol. The summed E-state index contributed by atoms with van der Waals surface area (Å²) in [7, 11) is 3.45. The van der Waals surface area contributed by atoms with E-state index in [1.807, 2.05) is 32.0 Å². The van der Waals surface area contributed by atoms with Gasteiger partial charge in [0, 0.05) is 50.1 Å². The largest absolute Gasteiger partial charge is 0.495 e. The van der Waals surface area contributed by atoms with Crippen molar-refractivity contribution in [3.8, 4) is 5.75 Å². The minimum absolute atomic E-state index is 0. The number of ether oxygens (including phenoxy) is 1. The number of guanidine groups is 1. The van der Waals surface area contributed by atoms with E-state index in [4.69, 9.17) is 20.9 Å². The minimum Gasteiger partial charge on any atom is -0.495 e. The quantitative estimate of drug-likeness (QED) is 0.311. The molecule has 1 aromatic carbocycles. The Hall–Kier alpha value is -1.75. The lowest BCUT2D eigenvalue weighted by Crippen LogP contribution is -2.45. The predicted octanol–water partition coefficient (Wildman–Crippen LogP) is 3.46. The van der Waals surface area contributed by atoms with Crippen molar-refractivity contribution >= 4 is 47.2 Å². The average Bonchev–Trinajstić information content (AvgIpc) is 3.37. The summed E-state index contributed by atoms with van der Waals surface area (Å²) in [5.74, 6) is 3.23. The van der Waals surface area contributed by atoms with E-state index in [9.17, 15) is 0 Å². The Morgan fingerprint density at radius 1 is 1.43 bits per heavy atom. The van der Waals surface area contributed by atoms with E-state index in [1.165, 1.54) is 0 Å². The summed E-state index contributed by atoms with van der Waals surface area (Å²) >= 11 is 6.18. The topological polar surface area (TPSA) is 87.8 Å². The van der Waals surface area contributed by atoms with Crippen molar-refractivity contribution in [2.24, 2.45) is 4.99 Å². The molecular weight excluding hydrogens is 519 g/mol. The first-order chi connectivity index (χ1) is 14.0. The standard InChI is InChI=1S/C20H29ClN6O2.HI/c1-13(2)19-25-18(29-26-19)7-9-23-20(22-3)24-15-8-10-27(12-15)16-11-14(21)5-6-17(16)28-4;/h5-6,11,13,15H,7-10,12H2,1-4H3,(H2,22,23,24);1H. The van der Waals surface area contributed by atoms with Gasteiger partial charge in [-0.05, 0) is 24.6 Å². The molecule has 2 heterocycles. The van der Waals surface area contributed by atoms with Crippen molar-refractivity contribution in [2.75, 3.05) is 38.7 Å². The molecule has 166 valence electrons. The van der Waals surface area contributed by atoms with Gasteiger partial charge < -0.3 is 24.8 Å². The summed E-state index contributed by atoms with van der Waals surface area (Å²) < 4.78 is 10.8. The lowest BCUT2D eigenvalue weighted by Gasteiger charge is -2.22. The number of anilines is 1. The fourth-order valence-electron chi connectivity index (χ4n) is 3.29. The highest BCUT2D eigenvalue weighted by atomic mass is 127. The maximum absolute atomic E-state index is 6.18. The van der Waals surface area contributed by atoms with Crippen molar-refractivity contribution in [1.29, 1.82) is 0 Å². The Labute approximate surface area is 199 Å². The molecule has 2 aromatic rings. The van der Waals surface area contributed by atoms with E-state index >= 15 is 0 Å². The number of benzene rings is 1. The van der Waals surface area contributed by atoms with Gasteiger partial charge in [0.05, 0.1) is 12.8 Å². The third-order valence-corrected chi connectivity index (χ3v) is 5.10. The lowest BCUT2D eigenvalue weighted by atomic mass is 10.2. The van der Waals surface area contributed by atoms with Crippen LogP contribution in [0.2, 0.25) is 5.02 Å². The molecular formula is C20H30ClIN6O2. The van der Waals surface area contributed by atoms with Gasteiger partial charge in [0.25, 0.3) is 0 Å². The van der Waals surface area contributed by atoms with Gasteiger partial charge in [-0.25, -0.2) is 0 Å². The molecule has 1 saturated heterocycles. The molecule has 1 unspecified atom stereocenters. The fraction of sp³-hybridized carbons (Fsp3) is 0.550. The molecule has 10 heteroatoms. The van der Waals surface area contributed by atoms with Gasteiger partial charge in [0.2, 0.25) is 5.89 Å². The zero-order valence-corrected chi connectivity index (χ0v) is 20.9. The van der Waals surface area contributed by atoms with Gasteiger partial charge in [-0.2, -0.15) is 4.98 Å². The number of rotatable bonds is 7. The van der Waals surface area contributed by atoms with Crippen LogP contribution in [0.3, 0.4) is 0 Å². The summed E-state index contributed by atoms with van der Waals surface area (Å²) in [4.78, 5) is 11.0. The SMILES string of the molecule is CN=C(NCCc1nc(C(C)C)no1)NC1CCN(c2cc(Cl)ccc2OC)C1.I. The highest BCUT2D eigenvalue weighted by Crippen LogP contribution is 2.33. The second-order valence-electron chi connectivity index (χ2n) is 7.34. The molecule has 30 heavy (non-hydrogen) atoms. The van der Waals surface area contributed by atoms with Gasteiger partial charge in [0.15, 0.2) is 11.8 Å². The van der Waals surface area contributed by atoms with Crippen molar-refractivity contribution < 1.29 is 9.26 Å². The van der Waals surface area contributed by atoms with Gasteiger partial charge in [-0.15, -0.1) is 24.0 Å². The molecule has 0 aliphatic carbocycles. The molecule has 1 atom stereocenters. The number of methoxy groups -OCH3 is 1. The first-order valence-corrected chi connectivity index (χ1v) is 10.3. The number of aliphatic imine (C=N–C) groups is 1. The minimum atomic E-state index is 0. The zero-order chi connectivity index (χ0) is 20.8. The van der Waals surface area contributed by atoms with Crippen LogP contribution in [0.4, 0.5) is 5.69 Å². The van der Waals surface area contributed by atoms with Crippen molar-refractivity contribution in [3.63, 3.8) is 0 Å². The van der Waals surface area contributed by atoms with Gasteiger partial charge >= 0.3 is 0 Å². The highest BCUT2D eigenvalue weighted by Gasteiger charge is 2.25. The van der Waals surface area contributed by atoms with Gasteiger partial charge in [0.1, 0.15) is 5.75 Å². The predicted molar refractivity (Wildman–Crippen MR) is 131 cm³/mol. The number of hydrogen-bond acceptors (Lipinski definition) is 6. The Morgan fingerprint density at radius 3 is 2.90 bits per heavy atom. The van der Waals surface area contributed by atoms with Crippen LogP contribution in [0.5, 0.6) is 5.75 Å². The van der Waals surface area contributed by atoms with E-state index in [-0.39, 0.29) is 35.9 Å². The number of nitrogens with zero attached hydrogens (tertiary/aromatic N) is 4. The second-order valence-corrected chi connectivity index (χ2v) is 7.78. The molecule has 0 amide bonds.